The van der Waals surface area contributed by atoms with Crippen LogP contribution in [0.5, 0.6) is 0 Å². The first-order valence-corrected chi connectivity index (χ1v) is 5.18. The van der Waals surface area contributed by atoms with E-state index < -0.39 is 0 Å². The van der Waals surface area contributed by atoms with Crippen molar-refractivity contribution in [3.63, 3.8) is 0 Å². The molecule has 1 saturated carbocycles. The summed E-state index contributed by atoms with van der Waals surface area (Å²) in [5.41, 5.74) is 5.83. The molecule has 5 nitrogen and oxygen atoms in total. The number of H-pyrrole nitrogens is 1. The first-order valence-electron chi connectivity index (χ1n) is 5.18. The number of aromatic amines is 1. The lowest BCUT2D eigenvalue weighted by molar-refractivity contribution is 0.180. The number of nitrogens with two attached hydrogens (primary N) is 1. The molecule has 0 aromatic carbocycles. The molecule has 0 amide bonds. The third-order valence-corrected chi connectivity index (χ3v) is 3.13. The van der Waals surface area contributed by atoms with Gasteiger partial charge in [0.25, 0.3) is 5.56 Å². The molecular formula is C10H16N4O. The number of anilines is 2. The maximum Gasteiger partial charge on any atom is 0.276 e. The Kier molecular flexibility index (Phi) is 2.38. The van der Waals surface area contributed by atoms with Crippen LogP contribution in [0.2, 0.25) is 0 Å². The van der Waals surface area contributed by atoms with Crippen LogP contribution < -0.4 is 16.6 Å². The van der Waals surface area contributed by atoms with Crippen LogP contribution in [0.1, 0.15) is 26.2 Å². The number of nitrogens with zero attached hydrogens (tertiary/aromatic N) is 1. The summed E-state index contributed by atoms with van der Waals surface area (Å²) < 4.78 is 0. The Morgan fingerprint density at radius 1 is 1.67 bits per heavy atom. The largest absolute Gasteiger partial charge is 0.391 e. The van der Waals surface area contributed by atoms with Crippen molar-refractivity contribution < 1.29 is 0 Å². The topological polar surface area (TPSA) is 83.8 Å². The fourth-order valence-electron chi connectivity index (χ4n) is 1.81. The molecule has 1 aromatic rings. The third kappa shape index (κ3) is 1.95. The highest BCUT2D eigenvalue weighted by Crippen LogP contribution is 2.40. The maximum atomic E-state index is 11.2. The monoisotopic (exact) mass is 208 g/mol. The van der Waals surface area contributed by atoms with Crippen LogP contribution in [0.15, 0.2) is 11.1 Å². The van der Waals surface area contributed by atoms with E-state index in [4.69, 9.17) is 5.73 Å². The van der Waals surface area contributed by atoms with Crippen LogP contribution in [0.25, 0.3) is 0 Å². The highest BCUT2D eigenvalue weighted by Gasteiger charge is 2.31. The van der Waals surface area contributed by atoms with Gasteiger partial charge in [0.05, 0.1) is 6.33 Å². The molecule has 0 atom stereocenters. The highest BCUT2D eigenvalue weighted by atomic mass is 16.1. The van der Waals surface area contributed by atoms with Gasteiger partial charge in [-0.3, -0.25) is 4.79 Å². The Hall–Kier alpha value is -1.52. The summed E-state index contributed by atoms with van der Waals surface area (Å²) in [6.45, 7) is 3.06. The van der Waals surface area contributed by atoms with Crippen molar-refractivity contribution in [1.29, 1.82) is 0 Å². The van der Waals surface area contributed by atoms with Crippen molar-refractivity contribution in [2.24, 2.45) is 5.41 Å². The van der Waals surface area contributed by atoms with Crippen molar-refractivity contribution in [3.8, 4) is 0 Å². The van der Waals surface area contributed by atoms with Gasteiger partial charge in [-0.15, -0.1) is 0 Å². The van der Waals surface area contributed by atoms with Gasteiger partial charge in [-0.2, -0.15) is 0 Å². The van der Waals surface area contributed by atoms with Gasteiger partial charge in [-0.1, -0.05) is 13.3 Å². The zero-order chi connectivity index (χ0) is 10.9. The van der Waals surface area contributed by atoms with Crippen LogP contribution in [-0.4, -0.2) is 16.5 Å². The average molecular weight is 208 g/mol. The van der Waals surface area contributed by atoms with E-state index in [0.29, 0.717) is 11.2 Å². The summed E-state index contributed by atoms with van der Waals surface area (Å²) in [7, 11) is 0. The third-order valence-electron chi connectivity index (χ3n) is 3.13. The molecular weight excluding hydrogens is 192 g/mol. The standard InChI is InChI=1S/C10H16N4O/c1-10(3-2-4-10)5-12-8-7(11)9(15)14-6-13-8/h6H,2-5,11H2,1H3,(H2,12,13,14,15). The smallest absolute Gasteiger partial charge is 0.276 e. The van der Waals surface area contributed by atoms with Crippen molar-refractivity contribution in [2.75, 3.05) is 17.6 Å². The van der Waals surface area contributed by atoms with E-state index >= 15 is 0 Å². The van der Waals surface area contributed by atoms with E-state index in [0.717, 1.165) is 6.54 Å². The molecule has 1 aromatic heterocycles. The quantitative estimate of drug-likeness (QED) is 0.690. The minimum absolute atomic E-state index is 0.167. The molecule has 1 aliphatic rings. The average Bonchev–Trinajstić information content (AvgIpc) is 2.17. The summed E-state index contributed by atoms with van der Waals surface area (Å²) in [6.07, 6.45) is 5.10. The molecule has 5 heteroatoms. The number of nitrogen functional groups attached to an aromatic ring is 1. The first-order chi connectivity index (χ1) is 7.11. The molecule has 0 radical (unpaired) electrons. The normalized spacial score (nSPS) is 18.2. The van der Waals surface area contributed by atoms with E-state index in [1.807, 2.05) is 0 Å². The summed E-state index contributed by atoms with van der Waals surface area (Å²) in [5.74, 6) is 0.492. The second-order valence-corrected chi connectivity index (χ2v) is 4.51. The molecule has 0 aliphatic heterocycles. The van der Waals surface area contributed by atoms with Gasteiger partial charge < -0.3 is 16.0 Å². The molecule has 15 heavy (non-hydrogen) atoms. The molecule has 0 unspecified atom stereocenters. The predicted molar refractivity (Wildman–Crippen MR) is 59.7 cm³/mol. The zero-order valence-electron chi connectivity index (χ0n) is 8.84. The second-order valence-electron chi connectivity index (χ2n) is 4.51. The molecule has 0 spiro atoms. The predicted octanol–water partition coefficient (Wildman–Crippen LogP) is 0.954. The molecule has 2 rings (SSSR count). The number of nitrogens with one attached hydrogen (secondary N) is 2. The van der Waals surface area contributed by atoms with Gasteiger partial charge in [0.2, 0.25) is 0 Å². The lowest BCUT2D eigenvalue weighted by Gasteiger charge is -2.38. The van der Waals surface area contributed by atoms with Crippen molar-refractivity contribution >= 4 is 11.5 Å². The molecule has 1 fully saturated rings. The van der Waals surface area contributed by atoms with E-state index in [1.165, 1.54) is 25.6 Å². The maximum absolute atomic E-state index is 11.2. The van der Waals surface area contributed by atoms with Gasteiger partial charge in [-0.25, -0.2) is 4.98 Å². The second kappa shape index (κ2) is 3.56. The molecule has 1 aliphatic carbocycles. The van der Waals surface area contributed by atoms with E-state index in [2.05, 4.69) is 22.2 Å². The number of hydrogen-bond donors (Lipinski definition) is 3. The van der Waals surface area contributed by atoms with Crippen molar-refractivity contribution in [1.82, 2.24) is 9.97 Å². The summed E-state index contributed by atoms with van der Waals surface area (Å²) in [6, 6.07) is 0. The fourth-order valence-corrected chi connectivity index (χ4v) is 1.81. The summed E-state index contributed by atoms with van der Waals surface area (Å²) in [4.78, 5) is 17.6. The Morgan fingerprint density at radius 3 is 3.00 bits per heavy atom. The van der Waals surface area contributed by atoms with Gasteiger partial charge in [-0.05, 0) is 18.3 Å². The number of aromatic nitrogens is 2. The lowest BCUT2D eigenvalue weighted by Crippen LogP contribution is -2.34. The van der Waals surface area contributed by atoms with Crippen LogP contribution in [-0.2, 0) is 0 Å². The Bertz CT molecular complexity index is 408. The van der Waals surface area contributed by atoms with Crippen molar-refractivity contribution in [3.05, 3.63) is 16.7 Å². The number of rotatable bonds is 3. The SMILES string of the molecule is CC1(CNc2nc[nH]c(=O)c2N)CCC1. The van der Waals surface area contributed by atoms with Crippen LogP contribution in [0, 0.1) is 5.41 Å². The first kappa shape index (κ1) is 10.0. The van der Waals surface area contributed by atoms with Crippen LogP contribution in [0.3, 0.4) is 0 Å². The van der Waals surface area contributed by atoms with Crippen molar-refractivity contribution in [2.45, 2.75) is 26.2 Å². The van der Waals surface area contributed by atoms with Gasteiger partial charge in [0.1, 0.15) is 5.69 Å². The molecule has 4 N–H and O–H groups in total. The minimum Gasteiger partial charge on any atom is -0.391 e. The lowest BCUT2D eigenvalue weighted by atomic mass is 9.70. The minimum atomic E-state index is -0.286. The summed E-state index contributed by atoms with van der Waals surface area (Å²) >= 11 is 0. The number of hydrogen-bond acceptors (Lipinski definition) is 4. The molecule has 0 saturated heterocycles. The van der Waals surface area contributed by atoms with E-state index in [1.54, 1.807) is 0 Å². The fraction of sp³-hybridized carbons (Fsp3) is 0.600. The van der Waals surface area contributed by atoms with Crippen LogP contribution >= 0.6 is 0 Å². The van der Waals surface area contributed by atoms with E-state index in [-0.39, 0.29) is 11.2 Å². The van der Waals surface area contributed by atoms with E-state index in [9.17, 15) is 4.79 Å². The zero-order valence-corrected chi connectivity index (χ0v) is 8.84. The van der Waals surface area contributed by atoms with Gasteiger partial charge >= 0.3 is 0 Å². The molecule has 0 bridgehead atoms. The Balaban J connectivity index is 2.05. The Morgan fingerprint density at radius 2 is 2.40 bits per heavy atom. The van der Waals surface area contributed by atoms with Gasteiger partial charge in [0.15, 0.2) is 5.82 Å². The molecule has 1 heterocycles. The highest BCUT2D eigenvalue weighted by molar-refractivity contribution is 5.58. The molecule has 82 valence electrons. The van der Waals surface area contributed by atoms with Crippen LogP contribution in [0.4, 0.5) is 11.5 Å². The summed E-state index contributed by atoms with van der Waals surface area (Å²) in [5, 5.41) is 3.14. The Labute approximate surface area is 88.1 Å². The van der Waals surface area contributed by atoms with Gasteiger partial charge in [0, 0.05) is 6.54 Å².